The smallest absolute Gasteiger partial charge is 0.242 e. The zero-order valence-electron chi connectivity index (χ0n) is 19.5. The minimum absolute atomic E-state index is 0.138. The summed E-state index contributed by atoms with van der Waals surface area (Å²) >= 11 is 0. The number of nitrogens with one attached hydrogen (secondary N) is 3. The van der Waals surface area contributed by atoms with Gasteiger partial charge >= 0.3 is 0 Å². The van der Waals surface area contributed by atoms with E-state index >= 15 is 0 Å². The van der Waals surface area contributed by atoms with Crippen molar-refractivity contribution < 1.29 is 22.7 Å². The molecule has 1 atom stereocenters. The zero-order valence-corrected chi connectivity index (χ0v) is 20.3. The number of pyridine rings is 1. The van der Waals surface area contributed by atoms with Crippen LogP contribution in [0.15, 0.2) is 53.7 Å². The molecule has 2 amide bonds. The number of carbonyl (C=O) groups excluding carboxylic acids is 2. The van der Waals surface area contributed by atoms with Gasteiger partial charge in [0.25, 0.3) is 0 Å². The average Bonchev–Trinajstić information content (AvgIpc) is 2.87. The molecule has 9 nitrogen and oxygen atoms in total. The maximum Gasteiger partial charge on any atom is 0.242 e. The Labute approximate surface area is 200 Å². The maximum atomic E-state index is 12.6. The van der Waals surface area contributed by atoms with Crippen molar-refractivity contribution in [3.63, 3.8) is 0 Å². The fraction of sp³-hybridized carbons (Fsp3) is 0.458. The molecule has 1 aromatic heterocycles. The van der Waals surface area contributed by atoms with Gasteiger partial charge in [-0.2, -0.15) is 0 Å². The number of rotatable bonds is 10. The van der Waals surface area contributed by atoms with Crippen LogP contribution < -0.4 is 20.1 Å². The third-order valence-electron chi connectivity index (χ3n) is 6.09. The molecule has 1 saturated carbocycles. The van der Waals surface area contributed by atoms with Gasteiger partial charge in [-0.25, -0.2) is 13.1 Å². The highest BCUT2D eigenvalue weighted by atomic mass is 32.2. The van der Waals surface area contributed by atoms with Crippen LogP contribution in [-0.4, -0.2) is 44.9 Å². The summed E-state index contributed by atoms with van der Waals surface area (Å²) in [6, 6.07) is 9.27. The van der Waals surface area contributed by atoms with E-state index in [1.54, 1.807) is 37.5 Å². The van der Waals surface area contributed by atoms with E-state index in [2.05, 4.69) is 20.3 Å². The van der Waals surface area contributed by atoms with Crippen LogP contribution in [0, 0.1) is 11.8 Å². The van der Waals surface area contributed by atoms with Crippen molar-refractivity contribution in [1.82, 2.24) is 20.3 Å². The number of methoxy groups -OCH3 is 1. The van der Waals surface area contributed by atoms with Crippen LogP contribution in [0.1, 0.15) is 38.2 Å². The number of carbonyl (C=O) groups is 2. The van der Waals surface area contributed by atoms with Crippen LogP contribution in [0.25, 0.3) is 0 Å². The second-order valence-electron chi connectivity index (χ2n) is 8.55. The molecule has 3 N–H and O–H groups in total. The van der Waals surface area contributed by atoms with Gasteiger partial charge in [0.1, 0.15) is 11.8 Å². The first-order valence-electron chi connectivity index (χ1n) is 11.4. The molecule has 184 valence electrons. The van der Waals surface area contributed by atoms with Gasteiger partial charge in [-0.15, -0.1) is 0 Å². The van der Waals surface area contributed by atoms with Crippen molar-refractivity contribution >= 4 is 21.8 Å². The Morgan fingerprint density at radius 1 is 1.12 bits per heavy atom. The zero-order chi connectivity index (χ0) is 24.6. The molecule has 3 rings (SSSR count). The second-order valence-corrected chi connectivity index (χ2v) is 10.3. The molecule has 10 heteroatoms. The SMILES string of the molecule is COc1ccc(S(=O)(=O)NCC2CCC(C(=O)NC(C)C(=O)NCc3cccnc3)CC2)cc1. The molecule has 0 spiro atoms. The van der Waals surface area contributed by atoms with Crippen molar-refractivity contribution in [2.45, 2.75) is 50.1 Å². The van der Waals surface area contributed by atoms with Crippen molar-refractivity contribution in [3.05, 3.63) is 54.4 Å². The number of hydrogen-bond acceptors (Lipinski definition) is 6. The summed E-state index contributed by atoms with van der Waals surface area (Å²) in [6.07, 6.45) is 6.14. The summed E-state index contributed by atoms with van der Waals surface area (Å²) < 4.78 is 32.8. The minimum Gasteiger partial charge on any atom is -0.497 e. The molecule has 2 aromatic rings. The van der Waals surface area contributed by atoms with E-state index in [1.807, 2.05) is 6.07 Å². The van der Waals surface area contributed by atoms with Crippen LogP contribution in [0.3, 0.4) is 0 Å². The molecular formula is C24H32N4O5S. The summed E-state index contributed by atoms with van der Waals surface area (Å²) in [7, 11) is -2.07. The standard InChI is InChI=1S/C24H32N4O5S/c1-17(23(29)26-15-19-4-3-13-25-14-19)28-24(30)20-7-5-18(6-8-20)16-27-34(31,32)22-11-9-21(33-2)10-12-22/h3-4,9-14,17-18,20,27H,5-8,15-16H2,1-2H3,(H,26,29)(H,28,30). The van der Waals surface area contributed by atoms with Crippen molar-refractivity contribution in [1.29, 1.82) is 0 Å². The fourth-order valence-corrected chi connectivity index (χ4v) is 5.05. The normalized spacial score (nSPS) is 19.1. The fourth-order valence-electron chi connectivity index (χ4n) is 3.94. The minimum atomic E-state index is -3.60. The summed E-state index contributed by atoms with van der Waals surface area (Å²) in [5.41, 5.74) is 0.885. The number of ether oxygens (including phenoxy) is 1. The van der Waals surface area contributed by atoms with Gasteiger partial charge in [0.15, 0.2) is 0 Å². The first-order valence-corrected chi connectivity index (χ1v) is 12.9. The molecule has 1 unspecified atom stereocenters. The van der Waals surface area contributed by atoms with E-state index in [-0.39, 0.29) is 28.5 Å². The van der Waals surface area contributed by atoms with E-state index < -0.39 is 16.1 Å². The first-order chi connectivity index (χ1) is 16.3. The number of aromatic nitrogens is 1. The summed E-state index contributed by atoms with van der Waals surface area (Å²) in [5, 5.41) is 5.60. The summed E-state index contributed by atoms with van der Waals surface area (Å²) in [4.78, 5) is 29.1. The van der Waals surface area contributed by atoms with E-state index in [4.69, 9.17) is 4.74 Å². The highest BCUT2D eigenvalue weighted by Crippen LogP contribution is 2.29. The predicted molar refractivity (Wildman–Crippen MR) is 127 cm³/mol. The Hall–Kier alpha value is -2.98. The van der Waals surface area contributed by atoms with Gasteiger partial charge in [0, 0.05) is 31.4 Å². The highest BCUT2D eigenvalue weighted by molar-refractivity contribution is 7.89. The lowest BCUT2D eigenvalue weighted by Gasteiger charge is -2.28. The first kappa shape index (κ1) is 25.6. The third-order valence-corrected chi connectivity index (χ3v) is 7.53. The van der Waals surface area contributed by atoms with Gasteiger partial charge < -0.3 is 15.4 Å². The van der Waals surface area contributed by atoms with Crippen molar-refractivity contribution in [3.8, 4) is 5.75 Å². The van der Waals surface area contributed by atoms with Crippen LogP contribution in [-0.2, 0) is 26.2 Å². The Bertz CT molecular complexity index is 1050. The van der Waals surface area contributed by atoms with Crippen molar-refractivity contribution in [2.24, 2.45) is 11.8 Å². The quantitative estimate of drug-likeness (QED) is 0.470. The van der Waals surface area contributed by atoms with E-state index in [1.165, 1.54) is 19.2 Å². The largest absolute Gasteiger partial charge is 0.497 e. The molecule has 0 bridgehead atoms. The number of hydrogen-bond donors (Lipinski definition) is 3. The van der Waals surface area contributed by atoms with Crippen LogP contribution in [0.5, 0.6) is 5.75 Å². The monoisotopic (exact) mass is 488 g/mol. The summed E-state index contributed by atoms with van der Waals surface area (Å²) in [6.45, 7) is 2.34. The topological polar surface area (TPSA) is 126 Å². The Morgan fingerprint density at radius 3 is 2.44 bits per heavy atom. The van der Waals surface area contributed by atoms with Gasteiger partial charge in [-0.1, -0.05) is 6.07 Å². The lowest BCUT2D eigenvalue weighted by Crippen LogP contribution is -2.47. The molecule has 0 radical (unpaired) electrons. The average molecular weight is 489 g/mol. The molecule has 1 heterocycles. The molecule has 1 aliphatic rings. The number of benzene rings is 1. The van der Waals surface area contributed by atoms with Gasteiger partial charge in [0.05, 0.1) is 12.0 Å². The maximum absolute atomic E-state index is 12.6. The second kappa shape index (κ2) is 11.9. The third kappa shape index (κ3) is 7.26. The molecular weight excluding hydrogens is 456 g/mol. The lowest BCUT2D eigenvalue weighted by molar-refractivity contribution is -0.131. The summed E-state index contributed by atoms with van der Waals surface area (Å²) in [5.74, 6) is 0.191. The highest BCUT2D eigenvalue weighted by Gasteiger charge is 2.29. The van der Waals surface area contributed by atoms with Crippen LogP contribution >= 0.6 is 0 Å². The molecule has 1 aromatic carbocycles. The molecule has 1 aliphatic carbocycles. The molecule has 0 saturated heterocycles. The number of sulfonamides is 1. The Balaban J connectivity index is 1.39. The van der Waals surface area contributed by atoms with E-state index in [0.29, 0.717) is 31.7 Å². The Kier molecular flexibility index (Phi) is 9.00. The van der Waals surface area contributed by atoms with E-state index in [9.17, 15) is 18.0 Å². The van der Waals surface area contributed by atoms with Gasteiger partial charge in [0.2, 0.25) is 21.8 Å². The van der Waals surface area contributed by atoms with Crippen molar-refractivity contribution in [2.75, 3.05) is 13.7 Å². The van der Waals surface area contributed by atoms with Crippen LogP contribution in [0.4, 0.5) is 0 Å². The number of nitrogens with zero attached hydrogens (tertiary/aromatic N) is 1. The van der Waals surface area contributed by atoms with Gasteiger partial charge in [-0.3, -0.25) is 14.6 Å². The number of amides is 2. The molecule has 1 fully saturated rings. The predicted octanol–water partition coefficient (Wildman–Crippen LogP) is 2.00. The lowest BCUT2D eigenvalue weighted by atomic mass is 9.81. The Morgan fingerprint density at radius 2 is 1.82 bits per heavy atom. The van der Waals surface area contributed by atoms with Gasteiger partial charge in [-0.05, 0) is 74.4 Å². The van der Waals surface area contributed by atoms with Crippen LogP contribution in [0.2, 0.25) is 0 Å². The molecule has 34 heavy (non-hydrogen) atoms. The van der Waals surface area contributed by atoms with E-state index in [0.717, 1.165) is 18.4 Å². The molecule has 0 aliphatic heterocycles.